The zero-order valence-electron chi connectivity index (χ0n) is 9.12. The van der Waals surface area contributed by atoms with Crippen LogP contribution in [0.1, 0.15) is 12.8 Å². The fraction of sp³-hybridized carbons (Fsp3) is 0.600. The number of aromatic nitrogens is 2. The molecule has 0 spiro atoms. The van der Waals surface area contributed by atoms with E-state index in [-0.39, 0.29) is 5.56 Å². The number of anilines is 2. The van der Waals surface area contributed by atoms with Gasteiger partial charge in [-0.2, -0.15) is 0 Å². The molecule has 6 heteroatoms. The first-order chi connectivity index (χ1) is 7.65. The Balaban J connectivity index is 2.05. The first-order valence-electron chi connectivity index (χ1n) is 5.48. The Kier molecular flexibility index (Phi) is 1.86. The molecular weight excluding hydrogens is 208 g/mol. The van der Waals surface area contributed by atoms with Gasteiger partial charge in [0.05, 0.1) is 6.67 Å². The number of nitrogens with one attached hydrogen (secondary N) is 2. The van der Waals surface area contributed by atoms with Crippen molar-refractivity contribution in [2.75, 3.05) is 30.1 Å². The van der Waals surface area contributed by atoms with Gasteiger partial charge in [0.25, 0.3) is 5.56 Å². The Morgan fingerprint density at radius 2 is 2.06 bits per heavy atom. The third kappa shape index (κ3) is 1.41. The minimum atomic E-state index is -0.431. The predicted molar refractivity (Wildman–Crippen MR) is 61.0 cm³/mol. The van der Waals surface area contributed by atoms with Crippen LogP contribution in [-0.4, -0.2) is 30.2 Å². The summed E-state index contributed by atoms with van der Waals surface area (Å²) in [6.45, 7) is 1.60. The highest BCUT2D eigenvalue weighted by atomic mass is 16.2. The molecule has 86 valence electrons. The molecule has 1 aromatic heterocycles. The van der Waals surface area contributed by atoms with Crippen molar-refractivity contribution in [3.63, 3.8) is 0 Å². The maximum atomic E-state index is 11.6. The van der Waals surface area contributed by atoms with Crippen molar-refractivity contribution in [2.45, 2.75) is 12.8 Å². The molecule has 1 aromatic rings. The first kappa shape index (κ1) is 9.50. The quantitative estimate of drug-likeness (QED) is 0.719. The lowest BCUT2D eigenvalue weighted by Crippen LogP contribution is -2.30. The van der Waals surface area contributed by atoms with Crippen LogP contribution >= 0.6 is 0 Å². The predicted octanol–water partition coefficient (Wildman–Crippen LogP) is -0.313. The van der Waals surface area contributed by atoms with Crippen LogP contribution in [0.5, 0.6) is 0 Å². The fourth-order valence-corrected chi connectivity index (χ4v) is 2.21. The van der Waals surface area contributed by atoms with Crippen LogP contribution in [0.4, 0.5) is 11.5 Å². The highest BCUT2D eigenvalue weighted by Crippen LogP contribution is 2.35. The maximum absolute atomic E-state index is 11.6. The van der Waals surface area contributed by atoms with Crippen LogP contribution in [0.25, 0.3) is 0 Å². The molecule has 1 aliphatic carbocycles. The summed E-state index contributed by atoms with van der Waals surface area (Å²) in [5.41, 5.74) is -0.167. The number of H-pyrrole nitrogens is 2. The Labute approximate surface area is 91.9 Å². The van der Waals surface area contributed by atoms with Gasteiger partial charge < -0.3 is 9.80 Å². The lowest BCUT2D eigenvalue weighted by atomic mass is 10.4. The molecule has 1 fully saturated rings. The van der Waals surface area contributed by atoms with E-state index in [1.165, 1.54) is 12.8 Å². The summed E-state index contributed by atoms with van der Waals surface area (Å²) in [5, 5.41) is 0. The molecule has 0 bridgehead atoms. The smallest absolute Gasteiger partial charge is 0.327 e. The summed E-state index contributed by atoms with van der Waals surface area (Å²) in [6, 6.07) is 0. The largest absolute Gasteiger partial charge is 0.349 e. The number of nitrogens with zero attached hydrogens (tertiary/aromatic N) is 2. The molecule has 0 radical (unpaired) electrons. The van der Waals surface area contributed by atoms with Gasteiger partial charge in [0.15, 0.2) is 0 Å². The van der Waals surface area contributed by atoms with Gasteiger partial charge in [0, 0.05) is 13.6 Å². The summed E-state index contributed by atoms with van der Waals surface area (Å²) < 4.78 is 0. The van der Waals surface area contributed by atoms with Gasteiger partial charge in [-0.05, 0) is 18.8 Å². The van der Waals surface area contributed by atoms with Crippen molar-refractivity contribution in [1.29, 1.82) is 0 Å². The topological polar surface area (TPSA) is 72.2 Å². The van der Waals surface area contributed by atoms with Gasteiger partial charge in [-0.3, -0.25) is 14.8 Å². The Morgan fingerprint density at radius 3 is 2.75 bits per heavy atom. The number of hydrogen-bond donors (Lipinski definition) is 2. The SMILES string of the molecule is CN1CN(CC2CC2)c2[nH]c(=O)[nH]c(=O)c21. The van der Waals surface area contributed by atoms with Crippen LogP contribution in [0.15, 0.2) is 9.59 Å². The third-order valence-corrected chi connectivity index (χ3v) is 3.15. The lowest BCUT2D eigenvalue weighted by molar-refractivity contribution is 0.731. The summed E-state index contributed by atoms with van der Waals surface area (Å²) in [6.07, 6.45) is 2.51. The normalized spacial score (nSPS) is 19.1. The molecule has 6 nitrogen and oxygen atoms in total. The van der Waals surface area contributed by atoms with Crippen LogP contribution in [0.2, 0.25) is 0 Å². The molecule has 0 aromatic carbocycles. The average molecular weight is 222 g/mol. The van der Waals surface area contributed by atoms with E-state index in [1.807, 2.05) is 11.9 Å². The summed E-state index contributed by atoms with van der Waals surface area (Å²) in [5.74, 6) is 1.39. The van der Waals surface area contributed by atoms with E-state index in [0.29, 0.717) is 18.2 Å². The van der Waals surface area contributed by atoms with E-state index in [9.17, 15) is 9.59 Å². The molecule has 0 unspecified atom stereocenters. The molecular formula is C10H14N4O2. The third-order valence-electron chi connectivity index (χ3n) is 3.15. The molecule has 1 saturated carbocycles. The van der Waals surface area contributed by atoms with Crippen LogP contribution in [0.3, 0.4) is 0 Å². The zero-order valence-corrected chi connectivity index (χ0v) is 9.12. The fourth-order valence-electron chi connectivity index (χ4n) is 2.21. The van der Waals surface area contributed by atoms with Gasteiger partial charge in [0.2, 0.25) is 0 Å². The second-order valence-corrected chi connectivity index (χ2v) is 4.61. The molecule has 1 aliphatic heterocycles. The summed E-state index contributed by atoms with van der Waals surface area (Å²) in [4.78, 5) is 31.8. The molecule has 3 rings (SSSR count). The van der Waals surface area contributed by atoms with Gasteiger partial charge in [0.1, 0.15) is 11.5 Å². The van der Waals surface area contributed by atoms with E-state index in [1.54, 1.807) is 0 Å². The van der Waals surface area contributed by atoms with Crippen molar-refractivity contribution in [1.82, 2.24) is 9.97 Å². The van der Waals surface area contributed by atoms with Crippen molar-refractivity contribution in [3.05, 3.63) is 20.8 Å². The summed E-state index contributed by atoms with van der Waals surface area (Å²) in [7, 11) is 1.86. The molecule has 0 saturated heterocycles. The Hall–Kier alpha value is -1.72. The monoisotopic (exact) mass is 222 g/mol. The van der Waals surface area contributed by atoms with Crippen molar-refractivity contribution in [2.24, 2.45) is 5.92 Å². The average Bonchev–Trinajstić information content (AvgIpc) is 2.93. The minimum Gasteiger partial charge on any atom is -0.349 e. The van der Waals surface area contributed by atoms with Crippen LogP contribution in [0, 0.1) is 5.92 Å². The number of rotatable bonds is 2. The van der Waals surface area contributed by atoms with Crippen LogP contribution in [-0.2, 0) is 0 Å². The van der Waals surface area contributed by atoms with Crippen molar-refractivity contribution >= 4 is 11.5 Å². The second-order valence-electron chi connectivity index (χ2n) is 4.61. The minimum absolute atomic E-state index is 0.306. The van der Waals surface area contributed by atoms with Crippen molar-refractivity contribution in [3.8, 4) is 0 Å². The summed E-state index contributed by atoms with van der Waals surface area (Å²) >= 11 is 0. The molecule has 2 heterocycles. The number of fused-ring (bicyclic) bond motifs is 1. The van der Waals surface area contributed by atoms with E-state index in [0.717, 1.165) is 12.5 Å². The van der Waals surface area contributed by atoms with E-state index >= 15 is 0 Å². The van der Waals surface area contributed by atoms with E-state index in [4.69, 9.17) is 0 Å². The van der Waals surface area contributed by atoms with E-state index in [2.05, 4.69) is 14.9 Å². The Bertz CT molecular complexity index is 528. The maximum Gasteiger partial charge on any atom is 0.327 e. The highest BCUT2D eigenvalue weighted by molar-refractivity contribution is 5.70. The lowest BCUT2D eigenvalue weighted by Gasteiger charge is -2.17. The van der Waals surface area contributed by atoms with Crippen molar-refractivity contribution < 1.29 is 0 Å². The van der Waals surface area contributed by atoms with Gasteiger partial charge in [-0.25, -0.2) is 4.79 Å². The zero-order chi connectivity index (χ0) is 11.3. The molecule has 0 amide bonds. The van der Waals surface area contributed by atoms with Crippen LogP contribution < -0.4 is 21.0 Å². The molecule has 2 aliphatic rings. The standard InChI is InChI=1S/C10H14N4O2/c1-13-5-14(4-6-2-3-6)8-7(13)9(15)12-10(16)11-8/h6H,2-5H2,1H3,(H2,11,12,15,16). The van der Waals surface area contributed by atoms with Gasteiger partial charge in [-0.15, -0.1) is 0 Å². The van der Waals surface area contributed by atoms with E-state index < -0.39 is 5.69 Å². The Morgan fingerprint density at radius 1 is 1.31 bits per heavy atom. The highest BCUT2D eigenvalue weighted by Gasteiger charge is 2.32. The number of hydrogen-bond acceptors (Lipinski definition) is 4. The van der Waals surface area contributed by atoms with Gasteiger partial charge >= 0.3 is 5.69 Å². The molecule has 0 atom stereocenters. The molecule has 16 heavy (non-hydrogen) atoms. The van der Waals surface area contributed by atoms with Gasteiger partial charge in [-0.1, -0.05) is 0 Å². The first-order valence-corrected chi connectivity index (χ1v) is 5.48. The molecule has 2 N–H and O–H groups in total. The second kappa shape index (κ2) is 3.13. The number of aromatic amines is 2.